The molecule has 0 fully saturated rings. The monoisotopic (exact) mass is 784 g/mol. The summed E-state index contributed by atoms with van der Waals surface area (Å²) < 4.78 is 81.7. The van der Waals surface area contributed by atoms with Crippen LogP contribution in [0, 0.1) is 20.2 Å². The van der Waals surface area contributed by atoms with Crippen LogP contribution < -0.4 is 68.6 Å². The molecule has 0 unspecified atom stereocenters. The van der Waals surface area contributed by atoms with E-state index in [4.69, 9.17) is 9.47 Å². The summed E-state index contributed by atoms with van der Waals surface area (Å²) in [7, 11) is -9.45. The molecule has 0 aliphatic heterocycles. The minimum Gasteiger partial charge on any atom is -0.744 e. The maximum atomic E-state index is 11.6. The summed E-state index contributed by atoms with van der Waals surface area (Å²) in [4.78, 5) is 20.3. The van der Waals surface area contributed by atoms with E-state index in [1.807, 2.05) is 0 Å². The van der Waals surface area contributed by atoms with Gasteiger partial charge in [0.05, 0.1) is 19.6 Å². The zero-order chi connectivity index (χ0) is 37.2. The van der Waals surface area contributed by atoms with Crippen molar-refractivity contribution < 1.29 is 104 Å². The zero-order valence-electron chi connectivity index (χ0n) is 28.3. The number of nitro groups is 2. The van der Waals surface area contributed by atoms with E-state index in [2.05, 4.69) is 0 Å². The Labute approximate surface area is 352 Å². The van der Waals surface area contributed by atoms with E-state index in [-0.39, 0.29) is 82.0 Å². The number of hydrogen-bond donors (Lipinski definition) is 0. The number of non-ortho nitro benzene ring substituents is 2. The summed E-state index contributed by atoms with van der Waals surface area (Å²) in [6.07, 6.45) is 0. The molecule has 0 aliphatic rings. The van der Waals surface area contributed by atoms with Crippen molar-refractivity contribution in [3.63, 3.8) is 0 Å². The number of nitrogens with zero attached hydrogens (tertiary/aromatic N) is 2. The first-order valence-electron chi connectivity index (χ1n) is 14.9. The first kappa shape index (κ1) is 42.3. The third kappa shape index (κ3) is 9.99. The molecular formula is C36H22N2Na2O12S2. The van der Waals surface area contributed by atoms with Crippen LogP contribution in [0.15, 0.2) is 143 Å². The molecule has 0 saturated heterocycles. The number of rotatable bonds is 11. The molecule has 262 valence electrons. The first-order valence-corrected chi connectivity index (χ1v) is 17.7. The first-order chi connectivity index (χ1) is 24.7. The Morgan fingerprint density at radius 1 is 0.426 bits per heavy atom. The van der Waals surface area contributed by atoms with Crippen LogP contribution in [0.5, 0.6) is 23.0 Å². The Hall–Kier alpha value is -4.46. The second-order valence-corrected chi connectivity index (χ2v) is 13.8. The van der Waals surface area contributed by atoms with Gasteiger partial charge >= 0.3 is 59.1 Å². The number of ether oxygens (including phenoxy) is 2. The van der Waals surface area contributed by atoms with Crippen LogP contribution in [0.3, 0.4) is 0 Å². The largest absolute Gasteiger partial charge is 1.00 e. The fourth-order valence-electron chi connectivity index (χ4n) is 5.18. The summed E-state index contributed by atoms with van der Waals surface area (Å²) in [6.45, 7) is 0. The number of hydrogen-bond acceptors (Lipinski definition) is 12. The Morgan fingerprint density at radius 3 is 1.00 bits per heavy atom. The summed E-state index contributed by atoms with van der Waals surface area (Å²) in [6, 6.07) is 31.4. The fourth-order valence-corrected chi connectivity index (χ4v) is 6.12. The average molecular weight is 785 g/mol. The Kier molecular flexibility index (Phi) is 13.6. The summed E-state index contributed by atoms with van der Waals surface area (Å²) >= 11 is 0. The SMILES string of the molecule is O=[N+]([O-])c1ccc(Oc2ccc(-c3ccc(Oc4ccc([N+](=O)[O-])cc4)c(-c4ccc(S(=O)(=O)[O-])cc4)c3)cc2-c2ccc(S(=O)(=O)[O-])cc2)cc1.[Na+].[Na+]. The molecule has 6 rings (SSSR count). The van der Waals surface area contributed by atoms with Crippen molar-refractivity contribution in [1.29, 1.82) is 0 Å². The van der Waals surface area contributed by atoms with E-state index < -0.39 is 39.9 Å². The summed E-state index contributed by atoms with van der Waals surface area (Å²) in [5, 5.41) is 22.3. The van der Waals surface area contributed by atoms with Crippen LogP contribution in [0.2, 0.25) is 0 Å². The molecular weight excluding hydrogens is 763 g/mol. The quantitative estimate of drug-likeness (QED) is 0.0796. The van der Waals surface area contributed by atoms with E-state index in [0.717, 1.165) is 24.3 Å². The van der Waals surface area contributed by atoms with Gasteiger partial charge in [-0.25, -0.2) is 16.8 Å². The molecule has 0 heterocycles. The van der Waals surface area contributed by atoms with Crippen LogP contribution in [0.1, 0.15) is 0 Å². The van der Waals surface area contributed by atoms with Crippen LogP contribution in [0.25, 0.3) is 33.4 Å². The van der Waals surface area contributed by atoms with Gasteiger partial charge in [0, 0.05) is 35.4 Å². The van der Waals surface area contributed by atoms with E-state index in [1.54, 1.807) is 36.4 Å². The van der Waals surface area contributed by atoms with Gasteiger partial charge in [-0.1, -0.05) is 36.4 Å². The maximum Gasteiger partial charge on any atom is 1.00 e. The van der Waals surface area contributed by atoms with Gasteiger partial charge < -0.3 is 18.6 Å². The van der Waals surface area contributed by atoms with Gasteiger partial charge in [0.25, 0.3) is 11.4 Å². The average Bonchev–Trinajstić information content (AvgIpc) is 3.12. The molecule has 0 radical (unpaired) electrons. The topological polar surface area (TPSA) is 219 Å². The van der Waals surface area contributed by atoms with Gasteiger partial charge in [-0.2, -0.15) is 0 Å². The van der Waals surface area contributed by atoms with Crippen LogP contribution in [-0.2, 0) is 20.2 Å². The molecule has 0 saturated carbocycles. The zero-order valence-corrected chi connectivity index (χ0v) is 33.9. The van der Waals surface area contributed by atoms with Crippen LogP contribution in [-0.4, -0.2) is 35.8 Å². The summed E-state index contributed by atoms with van der Waals surface area (Å²) in [5.74, 6) is 1.14. The van der Waals surface area contributed by atoms with Gasteiger partial charge in [-0.3, -0.25) is 20.2 Å². The predicted octanol–water partition coefficient (Wildman–Crippen LogP) is 1.90. The van der Waals surface area contributed by atoms with E-state index in [9.17, 15) is 46.2 Å². The maximum absolute atomic E-state index is 11.6. The normalized spacial score (nSPS) is 11.1. The number of nitro benzene ring substituents is 2. The second-order valence-electron chi connectivity index (χ2n) is 11.1. The van der Waals surface area contributed by atoms with Crippen LogP contribution in [0.4, 0.5) is 11.4 Å². The van der Waals surface area contributed by atoms with Gasteiger partial charge in [-0.05, 0) is 95.1 Å². The van der Waals surface area contributed by atoms with Crippen molar-refractivity contribution in [2.24, 2.45) is 0 Å². The molecule has 0 bridgehead atoms. The van der Waals surface area contributed by atoms with E-state index in [1.165, 1.54) is 72.8 Å². The second kappa shape index (κ2) is 17.3. The Balaban J connectivity index is 0.00000325. The van der Waals surface area contributed by atoms with E-state index in [0.29, 0.717) is 44.9 Å². The van der Waals surface area contributed by atoms with Gasteiger partial charge in [0.2, 0.25) is 0 Å². The van der Waals surface area contributed by atoms with Crippen molar-refractivity contribution in [3.05, 3.63) is 154 Å². The molecule has 6 aromatic carbocycles. The van der Waals surface area contributed by atoms with Crippen molar-refractivity contribution in [2.75, 3.05) is 0 Å². The smallest absolute Gasteiger partial charge is 0.744 e. The predicted molar refractivity (Wildman–Crippen MR) is 185 cm³/mol. The molecule has 0 atom stereocenters. The molecule has 0 N–H and O–H groups in total. The van der Waals surface area contributed by atoms with Gasteiger partial charge in [0.1, 0.15) is 43.2 Å². The standard InChI is InChI=1S/C36H24N2O12S2.2Na/c39-37(40)27-7-11-29(12-8-27)49-35-19-5-25(21-33(35)23-1-15-31(16-2-23)51(43,44)45)26-6-20-36(50-30-13-9-28(10-14-30)38(41)42)34(22-26)24-3-17-32(18-4-24)52(46,47)48;;/h1-22H,(H,43,44,45)(H,46,47,48);;/q;2*+1/p-2. The van der Waals surface area contributed by atoms with Gasteiger partial charge in [-0.15, -0.1) is 0 Å². The third-order valence-corrected chi connectivity index (χ3v) is 9.45. The Bertz CT molecular complexity index is 2370. The van der Waals surface area contributed by atoms with Crippen molar-refractivity contribution in [2.45, 2.75) is 9.79 Å². The van der Waals surface area contributed by atoms with Crippen molar-refractivity contribution in [1.82, 2.24) is 0 Å². The molecule has 14 nitrogen and oxygen atoms in total. The fraction of sp³-hybridized carbons (Fsp3) is 0. The molecule has 54 heavy (non-hydrogen) atoms. The molecule has 0 spiro atoms. The van der Waals surface area contributed by atoms with Crippen molar-refractivity contribution in [3.8, 4) is 56.4 Å². The minimum atomic E-state index is -4.73. The van der Waals surface area contributed by atoms with Gasteiger partial charge in [0.15, 0.2) is 0 Å². The molecule has 6 aromatic rings. The molecule has 18 heteroatoms. The Morgan fingerprint density at radius 2 is 0.722 bits per heavy atom. The molecule has 0 aliphatic carbocycles. The third-order valence-electron chi connectivity index (χ3n) is 7.75. The minimum absolute atomic E-state index is 0. The number of benzene rings is 6. The van der Waals surface area contributed by atoms with Crippen LogP contribution >= 0.6 is 0 Å². The van der Waals surface area contributed by atoms with Crippen molar-refractivity contribution >= 4 is 31.6 Å². The molecule has 0 amide bonds. The van der Waals surface area contributed by atoms with E-state index >= 15 is 0 Å². The summed E-state index contributed by atoms with van der Waals surface area (Å²) in [5.41, 5.74) is 2.82. The molecule has 0 aromatic heterocycles.